The van der Waals surface area contributed by atoms with Crippen molar-refractivity contribution in [3.63, 3.8) is 0 Å². The Hall–Kier alpha value is -3.84. The molecule has 2 N–H and O–H groups in total. The molecule has 2 aromatic carbocycles. The van der Waals surface area contributed by atoms with E-state index in [0.29, 0.717) is 31.9 Å². The fraction of sp³-hybridized carbons (Fsp3) is 0.0833. The lowest BCUT2D eigenvalue weighted by Gasteiger charge is -2.11. The number of nitrogens with one attached hydrogen (secondary N) is 2. The van der Waals surface area contributed by atoms with E-state index in [0.717, 1.165) is 22.5 Å². The van der Waals surface area contributed by atoms with Crippen molar-refractivity contribution in [1.29, 1.82) is 0 Å². The minimum atomic E-state index is -0.483. The minimum Gasteiger partial charge on any atom is -0.294 e. The molecule has 154 valence electrons. The molecular formula is C24H19N3O3S. The number of aryl methyl sites for hydroxylation is 1. The van der Waals surface area contributed by atoms with E-state index in [2.05, 4.69) is 15.8 Å². The van der Waals surface area contributed by atoms with E-state index in [4.69, 9.17) is 0 Å². The van der Waals surface area contributed by atoms with Crippen LogP contribution >= 0.6 is 11.3 Å². The van der Waals surface area contributed by atoms with Gasteiger partial charge >= 0.3 is 0 Å². The average molecular weight is 430 g/mol. The van der Waals surface area contributed by atoms with E-state index in [9.17, 15) is 14.4 Å². The number of carbonyl (C=O) groups is 3. The van der Waals surface area contributed by atoms with Gasteiger partial charge < -0.3 is 0 Å². The van der Waals surface area contributed by atoms with Gasteiger partial charge in [0.2, 0.25) is 0 Å². The molecule has 0 aliphatic heterocycles. The molecule has 0 bridgehead atoms. The number of nitrogens with zero attached hydrogens (tertiary/aromatic N) is 1. The van der Waals surface area contributed by atoms with Crippen LogP contribution in [0.5, 0.6) is 0 Å². The second-order valence-corrected chi connectivity index (χ2v) is 8.15. The average Bonchev–Trinajstić information content (AvgIpc) is 3.28. The molecule has 2 aromatic heterocycles. The lowest BCUT2D eigenvalue weighted by Crippen LogP contribution is -2.41. The number of carbonyl (C=O) groups excluding carboxylic acids is 3. The summed E-state index contributed by atoms with van der Waals surface area (Å²) in [7, 11) is 0. The topological polar surface area (TPSA) is 88.2 Å². The maximum atomic E-state index is 12.9. The van der Waals surface area contributed by atoms with Gasteiger partial charge in [0.25, 0.3) is 11.8 Å². The second kappa shape index (κ2) is 8.49. The number of pyridine rings is 1. The number of aromatic nitrogens is 1. The zero-order chi connectivity index (χ0) is 22.0. The molecule has 4 rings (SSSR count). The first-order valence-corrected chi connectivity index (χ1v) is 10.4. The second-order valence-electron chi connectivity index (χ2n) is 7.07. The summed E-state index contributed by atoms with van der Waals surface area (Å²) in [5, 5.41) is 0.681. The van der Waals surface area contributed by atoms with Gasteiger partial charge in [-0.2, -0.15) is 0 Å². The van der Waals surface area contributed by atoms with E-state index in [1.807, 2.05) is 55.5 Å². The highest BCUT2D eigenvalue weighted by Gasteiger charge is 2.16. The molecule has 0 aliphatic rings. The van der Waals surface area contributed by atoms with Gasteiger partial charge in [0, 0.05) is 10.9 Å². The molecule has 0 unspecified atom stereocenters. The van der Waals surface area contributed by atoms with Crippen molar-refractivity contribution in [2.45, 2.75) is 13.8 Å². The van der Waals surface area contributed by atoms with Crippen molar-refractivity contribution < 1.29 is 14.4 Å². The maximum Gasteiger partial charge on any atom is 0.279 e. The van der Waals surface area contributed by atoms with Gasteiger partial charge in [-0.15, -0.1) is 11.3 Å². The summed E-state index contributed by atoms with van der Waals surface area (Å²) in [5.74, 6) is -1.05. The number of rotatable bonds is 4. The van der Waals surface area contributed by atoms with Gasteiger partial charge in [-0.25, -0.2) is 4.98 Å². The summed E-state index contributed by atoms with van der Waals surface area (Å²) >= 11 is 1.08. The van der Waals surface area contributed by atoms with Crippen LogP contribution in [0, 0.1) is 6.92 Å². The highest BCUT2D eigenvalue weighted by Crippen LogP contribution is 2.25. The SMILES string of the molecule is CC(=O)c1ccc(C(=O)NNC(=O)c2cc(-c3ccc(C)cc3)nc3ccccc23)s1. The Morgan fingerprint density at radius 2 is 1.52 bits per heavy atom. The third-order valence-corrected chi connectivity index (χ3v) is 5.96. The first-order chi connectivity index (χ1) is 14.9. The molecule has 0 fully saturated rings. The summed E-state index contributed by atoms with van der Waals surface area (Å²) in [6.07, 6.45) is 0. The van der Waals surface area contributed by atoms with Crippen LogP contribution in [0.3, 0.4) is 0 Å². The Bertz CT molecular complexity index is 1310. The van der Waals surface area contributed by atoms with Crippen LogP contribution in [-0.2, 0) is 0 Å². The lowest BCUT2D eigenvalue weighted by atomic mass is 10.0. The maximum absolute atomic E-state index is 12.9. The van der Waals surface area contributed by atoms with Gasteiger partial charge in [-0.05, 0) is 38.1 Å². The van der Waals surface area contributed by atoms with Gasteiger partial charge in [0.05, 0.1) is 26.5 Å². The highest BCUT2D eigenvalue weighted by molar-refractivity contribution is 7.15. The fourth-order valence-corrected chi connectivity index (χ4v) is 3.92. The highest BCUT2D eigenvalue weighted by atomic mass is 32.1. The quantitative estimate of drug-likeness (QED) is 0.368. The van der Waals surface area contributed by atoms with Gasteiger partial charge in [-0.3, -0.25) is 25.2 Å². The van der Waals surface area contributed by atoms with Crippen molar-refractivity contribution in [3.05, 3.63) is 87.6 Å². The molecule has 2 amide bonds. The zero-order valence-electron chi connectivity index (χ0n) is 16.9. The molecule has 7 heteroatoms. The number of ketones is 1. The molecule has 0 saturated carbocycles. The predicted molar refractivity (Wildman–Crippen MR) is 121 cm³/mol. The molecule has 4 aromatic rings. The first kappa shape index (κ1) is 20.4. The Morgan fingerprint density at radius 3 is 2.23 bits per heavy atom. The van der Waals surface area contributed by atoms with E-state index >= 15 is 0 Å². The summed E-state index contributed by atoms with van der Waals surface area (Å²) in [6.45, 7) is 3.45. The summed E-state index contributed by atoms with van der Waals surface area (Å²) in [5.41, 5.74) is 8.66. The van der Waals surface area contributed by atoms with E-state index in [1.54, 1.807) is 18.2 Å². The van der Waals surface area contributed by atoms with Crippen LogP contribution in [0.25, 0.3) is 22.2 Å². The standard InChI is InChI=1S/C24H19N3O3S/c1-14-7-9-16(10-8-14)20-13-18(17-5-3-4-6-19(17)25-20)23(29)26-27-24(30)22-12-11-21(31-22)15(2)28/h3-13H,1-2H3,(H,26,29)(H,27,30). The van der Waals surface area contributed by atoms with Gasteiger partial charge in [-0.1, -0.05) is 48.0 Å². The third kappa shape index (κ3) is 4.36. The number of amides is 2. The third-order valence-electron chi connectivity index (χ3n) is 4.77. The molecule has 0 saturated heterocycles. The molecule has 2 heterocycles. The summed E-state index contributed by atoms with van der Waals surface area (Å²) < 4.78 is 0. The molecule has 0 radical (unpaired) electrons. The summed E-state index contributed by atoms with van der Waals surface area (Å²) in [4.78, 5) is 42.2. The van der Waals surface area contributed by atoms with E-state index < -0.39 is 11.8 Å². The Labute approximate surface area is 182 Å². The Kier molecular flexibility index (Phi) is 5.60. The molecular weight excluding hydrogens is 410 g/mol. The minimum absolute atomic E-state index is 0.111. The number of hydrogen-bond acceptors (Lipinski definition) is 5. The number of thiophene rings is 1. The normalized spacial score (nSPS) is 10.6. The largest absolute Gasteiger partial charge is 0.294 e. The van der Waals surface area contributed by atoms with E-state index in [1.165, 1.54) is 6.92 Å². The Morgan fingerprint density at radius 1 is 0.839 bits per heavy atom. The molecule has 0 atom stereocenters. The number of hydrazine groups is 1. The molecule has 31 heavy (non-hydrogen) atoms. The smallest absolute Gasteiger partial charge is 0.279 e. The van der Waals surface area contributed by atoms with Crippen LogP contribution in [0.2, 0.25) is 0 Å². The summed E-state index contributed by atoms with van der Waals surface area (Å²) in [6, 6.07) is 20.1. The molecule has 0 spiro atoms. The van der Waals surface area contributed by atoms with Crippen LogP contribution in [-0.4, -0.2) is 22.6 Å². The van der Waals surface area contributed by atoms with Crippen molar-refractivity contribution in [3.8, 4) is 11.3 Å². The fourth-order valence-electron chi connectivity index (χ4n) is 3.13. The van der Waals surface area contributed by atoms with Gasteiger partial charge in [0.15, 0.2) is 5.78 Å². The van der Waals surface area contributed by atoms with Crippen LogP contribution in [0.1, 0.15) is 42.2 Å². The molecule has 0 aliphatic carbocycles. The van der Waals surface area contributed by atoms with Crippen molar-refractivity contribution >= 4 is 39.8 Å². The lowest BCUT2D eigenvalue weighted by molar-refractivity contribution is 0.0850. The number of Topliss-reactive ketones (excluding diaryl/α,β-unsaturated/α-hetero) is 1. The molecule has 6 nitrogen and oxygen atoms in total. The van der Waals surface area contributed by atoms with E-state index in [-0.39, 0.29) is 5.78 Å². The van der Waals surface area contributed by atoms with Gasteiger partial charge in [0.1, 0.15) is 0 Å². The number of para-hydroxylation sites is 1. The monoisotopic (exact) mass is 429 g/mol. The van der Waals surface area contributed by atoms with Crippen molar-refractivity contribution in [1.82, 2.24) is 15.8 Å². The van der Waals surface area contributed by atoms with Crippen molar-refractivity contribution in [2.24, 2.45) is 0 Å². The van der Waals surface area contributed by atoms with Crippen LogP contribution in [0.15, 0.2) is 66.7 Å². The zero-order valence-corrected chi connectivity index (χ0v) is 17.7. The van der Waals surface area contributed by atoms with Crippen molar-refractivity contribution in [2.75, 3.05) is 0 Å². The predicted octanol–water partition coefficient (Wildman–Crippen LogP) is 4.55. The Balaban J connectivity index is 1.61. The van der Waals surface area contributed by atoms with Crippen LogP contribution < -0.4 is 10.9 Å². The number of hydrogen-bond donors (Lipinski definition) is 2. The first-order valence-electron chi connectivity index (χ1n) is 9.60. The van der Waals surface area contributed by atoms with Crippen LogP contribution in [0.4, 0.5) is 0 Å². The number of fused-ring (bicyclic) bond motifs is 1. The number of benzene rings is 2.